The van der Waals surface area contributed by atoms with Gasteiger partial charge in [-0.05, 0) is 15.9 Å². The third-order valence-electron chi connectivity index (χ3n) is 0.996. The fourth-order valence-corrected chi connectivity index (χ4v) is 1.01. The molecule has 0 aromatic carbocycles. The quantitative estimate of drug-likeness (QED) is 0.615. The van der Waals surface area contributed by atoms with Crippen LogP contribution in [0.4, 0.5) is 0 Å². The van der Waals surface area contributed by atoms with Crippen LogP contribution in [0.25, 0.3) is 0 Å². The van der Waals surface area contributed by atoms with Crippen molar-refractivity contribution < 1.29 is 4.74 Å². The third kappa shape index (κ3) is 1.21. The van der Waals surface area contributed by atoms with Gasteiger partial charge in [-0.1, -0.05) is 6.58 Å². The molecule has 0 amide bonds. The summed E-state index contributed by atoms with van der Waals surface area (Å²) >= 11 is 3.19. The predicted molar refractivity (Wildman–Crippen MR) is 40.6 cm³/mol. The smallest absolute Gasteiger partial charge is 0.146 e. The Morgan fingerprint density at radius 1 is 1.78 bits per heavy atom. The average molecular weight is 188 g/mol. The van der Waals surface area contributed by atoms with Crippen molar-refractivity contribution in [2.24, 2.45) is 4.99 Å². The predicted octanol–water partition coefficient (Wildman–Crippen LogP) is 1.84. The van der Waals surface area contributed by atoms with E-state index in [1.165, 1.54) is 0 Å². The lowest BCUT2D eigenvalue weighted by molar-refractivity contribution is 0.302. The van der Waals surface area contributed by atoms with E-state index in [9.17, 15) is 0 Å². The van der Waals surface area contributed by atoms with Crippen molar-refractivity contribution in [3.05, 3.63) is 24.1 Å². The van der Waals surface area contributed by atoms with Gasteiger partial charge in [-0.25, -0.2) is 4.99 Å². The van der Waals surface area contributed by atoms with Crippen LogP contribution in [-0.4, -0.2) is 11.7 Å². The maximum Gasteiger partial charge on any atom is 0.146 e. The van der Waals surface area contributed by atoms with Gasteiger partial charge in [0.25, 0.3) is 0 Å². The Morgan fingerprint density at radius 3 is 2.67 bits per heavy atom. The van der Waals surface area contributed by atoms with E-state index in [-0.39, 0.29) is 0 Å². The molecule has 0 radical (unpaired) electrons. The molecule has 0 spiro atoms. The highest BCUT2D eigenvalue weighted by Gasteiger charge is 2.09. The van der Waals surface area contributed by atoms with Crippen molar-refractivity contribution in [1.82, 2.24) is 0 Å². The van der Waals surface area contributed by atoms with Crippen molar-refractivity contribution in [2.45, 2.75) is 0 Å². The minimum absolute atomic E-state index is 0.671. The number of ether oxygens (including phenoxy) is 1. The lowest BCUT2D eigenvalue weighted by atomic mass is 10.4. The Bertz CT molecular complexity index is 205. The second-order valence-corrected chi connectivity index (χ2v) is 2.41. The molecule has 0 unspecified atom stereocenters. The highest BCUT2D eigenvalue weighted by atomic mass is 79.9. The van der Waals surface area contributed by atoms with E-state index in [0.29, 0.717) is 5.70 Å². The highest BCUT2D eigenvalue weighted by molar-refractivity contribution is 9.18. The zero-order chi connectivity index (χ0) is 6.85. The van der Waals surface area contributed by atoms with Gasteiger partial charge < -0.3 is 4.74 Å². The summed E-state index contributed by atoms with van der Waals surface area (Å²) in [6, 6.07) is 0. The molecule has 0 aromatic rings. The van der Waals surface area contributed by atoms with Crippen LogP contribution in [0, 0.1) is 0 Å². The monoisotopic (exact) mass is 187 g/mol. The van der Waals surface area contributed by atoms with Crippen LogP contribution in [0.3, 0.4) is 0 Å². The van der Waals surface area contributed by atoms with Crippen LogP contribution in [0.15, 0.2) is 29.1 Å². The summed E-state index contributed by atoms with van der Waals surface area (Å²) in [4.78, 5) is 3.96. The third-order valence-corrected chi connectivity index (χ3v) is 1.40. The van der Waals surface area contributed by atoms with E-state index >= 15 is 0 Å². The first-order chi connectivity index (χ1) is 4.24. The van der Waals surface area contributed by atoms with E-state index in [2.05, 4.69) is 27.5 Å². The Kier molecular flexibility index (Phi) is 1.71. The minimum Gasteiger partial charge on any atom is -0.494 e. The minimum atomic E-state index is 0.671. The molecular formula is C6H6BrNO. The molecule has 0 aromatic heterocycles. The number of methoxy groups -OCH3 is 1. The summed E-state index contributed by atoms with van der Waals surface area (Å²) in [6.07, 6.45) is 1.78. The molecule has 1 aliphatic heterocycles. The highest BCUT2D eigenvalue weighted by Crippen LogP contribution is 2.19. The number of halogens is 1. The van der Waals surface area contributed by atoms with Crippen molar-refractivity contribution in [3.63, 3.8) is 0 Å². The molecule has 1 rings (SSSR count). The van der Waals surface area contributed by atoms with Crippen LogP contribution < -0.4 is 0 Å². The Balaban J connectivity index is 2.83. The summed E-state index contributed by atoms with van der Waals surface area (Å²) in [7, 11) is 1.60. The van der Waals surface area contributed by atoms with E-state index in [1.54, 1.807) is 13.2 Å². The van der Waals surface area contributed by atoms with Gasteiger partial charge in [-0.15, -0.1) is 0 Å². The first kappa shape index (κ1) is 6.55. The van der Waals surface area contributed by atoms with E-state index < -0.39 is 0 Å². The number of hydrogen-bond acceptors (Lipinski definition) is 2. The first-order valence-electron chi connectivity index (χ1n) is 2.43. The standard InChI is InChI=1S/C6H6BrNO/c1-4-5(9-2)3-6(7)8-4/h3H,1H2,2H3. The summed E-state index contributed by atoms with van der Waals surface area (Å²) in [6.45, 7) is 3.65. The lowest BCUT2D eigenvalue weighted by Gasteiger charge is -1.96. The number of aliphatic imine (C=N–C) groups is 1. The molecule has 0 atom stereocenters. The molecule has 48 valence electrons. The van der Waals surface area contributed by atoms with Gasteiger partial charge in [0.1, 0.15) is 10.4 Å². The van der Waals surface area contributed by atoms with Gasteiger partial charge in [0, 0.05) is 6.08 Å². The van der Waals surface area contributed by atoms with Crippen LogP contribution in [0.2, 0.25) is 0 Å². The van der Waals surface area contributed by atoms with Gasteiger partial charge in [-0.3, -0.25) is 0 Å². The topological polar surface area (TPSA) is 21.6 Å². The van der Waals surface area contributed by atoms with Gasteiger partial charge in [0.05, 0.1) is 12.8 Å². The molecule has 0 N–H and O–H groups in total. The maximum atomic E-state index is 4.91. The Hall–Kier alpha value is -0.570. The molecular weight excluding hydrogens is 182 g/mol. The van der Waals surface area contributed by atoms with Crippen molar-refractivity contribution in [1.29, 1.82) is 0 Å². The zero-order valence-corrected chi connectivity index (χ0v) is 6.60. The number of allylic oxidation sites excluding steroid dienone is 1. The molecule has 0 aliphatic carbocycles. The van der Waals surface area contributed by atoms with Crippen LogP contribution in [-0.2, 0) is 4.74 Å². The summed E-state index contributed by atoms with van der Waals surface area (Å²) in [5.74, 6) is 0.724. The van der Waals surface area contributed by atoms with E-state index in [1.807, 2.05) is 0 Å². The van der Waals surface area contributed by atoms with Gasteiger partial charge in [-0.2, -0.15) is 0 Å². The number of rotatable bonds is 1. The molecule has 0 fully saturated rings. The van der Waals surface area contributed by atoms with E-state index in [4.69, 9.17) is 4.74 Å². The largest absolute Gasteiger partial charge is 0.494 e. The second kappa shape index (κ2) is 2.35. The normalized spacial score (nSPS) is 17.3. The van der Waals surface area contributed by atoms with Gasteiger partial charge in [0.15, 0.2) is 0 Å². The fraction of sp³-hybridized carbons (Fsp3) is 0.167. The molecule has 1 aliphatic rings. The fourth-order valence-electron chi connectivity index (χ4n) is 0.585. The molecule has 2 nitrogen and oxygen atoms in total. The van der Waals surface area contributed by atoms with Crippen LogP contribution in [0.1, 0.15) is 0 Å². The van der Waals surface area contributed by atoms with Gasteiger partial charge >= 0.3 is 0 Å². The average Bonchev–Trinajstić information content (AvgIpc) is 2.10. The molecule has 0 saturated carbocycles. The van der Waals surface area contributed by atoms with Crippen molar-refractivity contribution >= 4 is 20.6 Å². The van der Waals surface area contributed by atoms with Crippen LogP contribution in [0.5, 0.6) is 0 Å². The molecule has 0 saturated heterocycles. The lowest BCUT2D eigenvalue weighted by Crippen LogP contribution is -1.82. The number of nitrogens with zero attached hydrogens (tertiary/aromatic N) is 1. The van der Waals surface area contributed by atoms with Crippen molar-refractivity contribution in [3.8, 4) is 0 Å². The molecule has 0 bridgehead atoms. The Labute approximate surface area is 62.1 Å². The molecule has 1 heterocycles. The zero-order valence-electron chi connectivity index (χ0n) is 5.02. The van der Waals surface area contributed by atoms with Crippen LogP contribution >= 0.6 is 15.9 Å². The summed E-state index contributed by atoms with van der Waals surface area (Å²) < 4.78 is 5.68. The SMILES string of the molecule is C=C1N=C(Br)C=C1OC. The second-order valence-electron chi connectivity index (χ2n) is 1.59. The Morgan fingerprint density at radius 2 is 2.44 bits per heavy atom. The first-order valence-corrected chi connectivity index (χ1v) is 3.22. The number of hydrogen-bond donors (Lipinski definition) is 0. The van der Waals surface area contributed by atoms with E-state index in [0.717, 1.165) is 10.4 Å². The molecule has 3 heteroatoms. The van der Waals surface area contributed by atoms with Crippen molar-refractivity contribution in [2.75, 3.05) is 7.11 Å². The summed E-state index contributed by atoms with van der Waals surface area (Å²) in [5, 5.41) is 0. The summed E-state index contributed by atoms with van der Waals surface area (Å²) in [5.41, 5.74) is 0.671. The van der Waals surface area contributed by atoms with Gasteiger partial charge in [0.2, 0.25) is 0 Å². The molecule has 9 heavy (non-hydrogen) atoms. The maximum absolute atomic E-state index is 4.91.